The van der Waals surface area contributed by atoms with Gasteiger partial charge in [-0.1, -0.05) is 23.7 Å². The van der Waals surface area contributed by atoms with Gasteiger partial charge >= 0.3 is 0 Å². The molecule has 2 atom stereocenters. The minimum absolute atomic E-state index is 0.247. The Morgan fingerprint density at radius 1 is 1.52 bits per heavy atom. The van der Waals surface area contributed by atoms with E-state index >= 15 is 0 Å². The number of hydrogen-bond donors (Lipinski definition) is 2. The number of halogens is 1. The SMILES string of the molecule is CC(NS(=O)(=O)N1CCCC(CN)C1)c1cccc(Cl)c1. The molecule has 0 amide bonds. The van der Waals surface area contributed by atoms with Crippen LogP contribution in [0.3, 0.4) is 0 Å². The van der Waals surface area contributed by atoms with Crippen LogP contribution in [0.5, 0.6) is 0 Å². The monoisotopic (exact) mass is 331 g/mol. The Morgan fingerprint density at radius 2 is 2.29 bits per heavy atom. The van der Waals surface area contributed by atoms with Gasteiger partial charge in [0, 0.05) is 24.2 Å². The lowest BCUT2D eigenvalue weighted by Gasteiger charge is -2.32. The standard InChI is InChI=1S/C14H22ClN3O2S/c1-11(13-5-2-6-14(15)8-13)17-21(19,20)18-7-3-4-12(9-16)10-18/h2,5-6,8,11-12,17H,3-4,7,9-10,16H2,1H3. The number of piperidine rings is 1. The molecule has 0 aliphatic carbocycles. The summed E-state index contributed by atoms with van der Waals surface area (Å²) in [6, 6.07) is 6.88. The van der Waals surface area contributed by atoms with Gasteiger partial charge in [-0.25, -0.2) is 0 Å². The van der Waals surface area contributed by atoms with Crippen LogP contribution in [0.15, 0.2) is 24.3 Å². The van der Waals surface area contributed by atoms with E-state index in [1.807, 2.05) is 19.1 Å². The molecule has 3 N–H and O–H groups in total. The first-order chi connectivity index (χ1) is 9.92. The molecule has 118 valence electrons. The Hall–Kier alpha value is -0.660. The predicted molar refractivity (Wildman–Crippen MR) is 85.3 cm³/mol. The number of hydrogen-bond acceptors (Lipinski definition) is 3. The van der Waals surface area contributed by atoms with Crippen LogP contribution in [0.4, 0.5) is 0 Å². The van der Waals surface area contributed by atoms with Crippen LogP contribution < -0.4 is 10.5 Å². The predicted octanol–water partition coefficient (Wildman–Crippen LogP) is 1.91. The van der Waals surface area contributed by atoms with E-state index in [1.54, 1.807) is 12.1 Å². The van der Waals surface area contributed by atoms with Crippen LogP contribution in [0.25, 0.3) is 0 Å². The third-order valence-corrected chi connectivity index (χ3v) is 5.73. The molecule has 7 heteroatoms. The van der Waals surface area contributed by atoms with Gasteiger partial charge in [0.05, 0.1) is 0 Å². The molecule has 0 saturated carbocycles. The molecule has 0 aromatic heterocycles. The summed E-state index contributed by atoms with van der Waals surface area (Å²) in [5.74, 6) is 0.247. The van der Waals surface area contributed by atoms with E-state index in [0.717, 1.165) is 18.4 Å². The topological polar surface area (TPSA) is 75.4 Å². The van der Waals surface area contributed by atoms with E-state index in [0.29, 0.717) is 24.7 Å². The lowest BCUT2D eigenvalue weighted by atomic mass is 10.0. The zero-order valence-electron chi connectivity index (χ0n) is 12.1. The van der Waals surface area contributed by atoms with Crippen molar-refractivity contribution in [2.45, 2.75) is 25.8 Å². The first-order valence-corrected chi connectivity index (χ1v) is 8.97. The third-order valence-electron chi connectivity index (χ3n) is 3.83. The fourth-order valence-corrected chi connectivity index (χ4v) is 4.29. The van der Waals surface area contributed by atoms with Crippen molar-refractivity contribution >= 4 is 21.8 Å². The third kappa shape index (κ3) is 4.40. The maximum atomic E-state index is 12.5. The van der Waals surface area contributed by atoms with Crippen molar-refractivity contribution in [1.82, 2.24) is 9.03 Å². The molecule has 1 aliphatic rings. The molecular formula is C14H22ClN3O2S. The molecule has 1 saturated heterocycles. The number of nitrogens with zero attached hydrogens (tertiary/aromatic N) is 1. The lowest BCUT2D eigenvalue weighted by molar-refractivity contribution is 0.267. The summed E-state index contributed by atoms with van der Waals surface area (Å²) in [6.07, 6.45) is 1.85. The van der Waals surface area contributed by atoms with E-state index in [-0.39, 0.29) is 12.0 Å². The first-order valence-electron chi connectivity index (χ1n) is 7.15. The van der Waals surface area contributed by atoms with Gasteiger partial charge in [0.2, 0.25) is 0 Å². The Labute approximate surface area is 131 Å². The van der Waals surface area contributed by atoms with Crippen molar-refractivity contribution in [2.24, 2.45) is 11.7 Å². The van der Waals surface area contributed by atoms with Crippen LogP contribution in [0.1, 0.15) is 31.4 Å². The van der Waals surface area contributed by atoms with Gasteiger partial charge in [0.1, 0.15) is 0 Å². The molecule has 21 heavy (non-hydrogen) atoms. The summed E-state index contributed by atoms with van der Waals surface area (Å²) in [6.45, 7) is 3.38. The second kappa shape index (κ2) is 7.07. The van der Waals surface area contributed by atoms with Gasteiger partial charge < -0.3 is 5.73 Å². The summed E-state index contributed by atoms with van der Waals surface area (Å²) >= 11 is 5.95. The average Bonchev–Trinajstić information content (AvgIpc) is 2.47. The molecule has 1 aromatic rings. The highest BCUT2D eigenvalue weighted by atomic mass is 35.5. The summed E-state index contributed by atoms with van der Waals surface area (Å²) in [7, 11) is -3.50. The van der Waals surface area contributed by atoms with Gasteiger partial charge in [0.25, 0.3) is 10.2 Å². The zero-order valence-corrected chi connectivity index (χ0v) is 13.7. The van der Waals surface area contributed by atoms with Crippen LogP contribution in [-0.2, 0) is 10.2 Å². The largest absolute Gasteiger partial charge is 0.330 e. The Morgan fingerprint density at radius 3 is 2.95 bits per heavy atom. The maximum Gasteiger partial charge on any atom is 0.280 e. The minimum atomic E-state index is -3.50. The van der Waals surface area contributed by atoms with Crippen LogP contribution in [-0.4, -0.2) is 32.4 Å². The molecule has 1 aromatic carbocycles. The van der Waals surface area contributed by atoms with Gasteiger partial charge in [-0.3, -0.25) is 0 Å². The molecule has 1 fully saturated rings. The van der Waals surface area contributed by atoms with Crippen molar-refractivity contribution < 1.29 is 8.42 Å². The van der Waals surface area contributed by atoms with E-state index in [9.17, 15) is 8.42 Å². The molecule has 2 unspecified atom stereocenters. The van der Waals surface area contributed by atoms with E-state index in [2.05, 4.69) is 4.72 Å². The Kier molecular flexibility index (Phi) is 5.62. The lowest BCUT2D eigenvalue weighted by Crippen LogP contribution is -2.47. The molecule has 0 bridgehead atoms. The fraction of sp³-hybridized carbons (Fsp3) is 0.571. The molecule has 1 aliphatic heterocycles. The van der Waals surface area contributed by atoms with E-state index < -0.39 is 10.2 Å². The van der Waals surface area contributed by atoms with Crippen LogP contribution >= 0.6 is 11.6 Å². The Balaban J connectivity index is 2.06. The number of benzene rings is 1. The molecule has 1 heterocycles. The van der Waals surface area contributed by atoms with Crippen molar-refractivity contribution in [2.75, 3.05) is 19.6 Å². The van der Waals surface area contributed by atoms with Crippen molar-refractivity contribution in [3.8, 4) is 0 Å². The molecule has 0 radical (unpaired) electrons. The first kappa shape index (κ1) is 16.7. The zero-order chi connectivity index (χ0) is 15.5. The van der Waals surface area contributed by atoms with Crippen molar-refractivity contribution in [3.63, 3.8) is 0 Å². The van der Waals surface area contributed by atoms with Crippen molar-refractivity contribution in [3.05, 3.63) is 34.9 Å². The van der Waals surface area contributed by atoms with Crippen LogP contribution in [0.2, 0.25) is 5.02 Å². The second-order valence-corrected chi connectivity index (χ2v) is 7.64. The highest BCUT2D eigenvalue weighted by molar-refractivity contribution is 7.87. The fourth-order valence-electron chi connectivity index (χ4n) is 2.58. The number of nitrogens with one attached hydrogen (secondary N) is 1. The smallest absolute Gasteiger partial charge is 0.280 e. The van der Waals surface area contributed by atoms with Gasteiger partial charge in [-0.15, -0.1) is 0 Å². The summed E-state index contributed by atoms with van der Waals surface area (Å²) in [5.41, 5.74) is 6.51. The van der Waals surface area contributed by atoms with E-state index in [1.165, 1.54) is 4.31 Å². The molecule has 2 rings (SSSR count). The quantitative estimate of drug-likeness (QED) is 0.865. The maximum absolute atomic E-state index is 12.5. The minimum Gasteiger partial charge on any atom is -0.330 e. The average molecular weight is 332 g/mol. The van der Waals surface area contributed by atoms with Gasteiger partial charge in [-0.2, -0.15) is 17.4 Å². The molecule has 5 nitrogen and oxygen atoms in total. The number of nitrogens with two attached hydrogens (primary N) is 1. The van der Waals surface area contributed by atoms with Crippen molar-refractivity contribution in [1.29, 1.82) is 0 Å². The van der Waals surface area contributed by atoms with Gasteiger partial charge in [0.15, 0.2) is 0 Å². The van der Waals surface area contributed by atoms with Crippen LogP contribution in [0, 0.1) is 5.92 Å². The second-order valence-electron chi connectivity index (χ2n) is 5.50. The summed E-state index contributed by atoms with van der Waals surface area (Å²) < 4.78 is 29.1. The molecule has 0 spiro atoms. The summed E-state index contributed by atoms with van der Waals surface area (Å²) in [4.78, 5) is 0. The molecular weight excluding hydrogens is 310 g/mol. The normalized spacial score (nSPS) is 22.1. The number of rotatable bonds is 5. The Bertz CT molecular complexity index is 579. The van der Waals surface area contributed by atoms with Gasteiger partial charge in [-0.05, 0) is 49.9 Å². The van der Waals surface area contributed by atoms with E-state index in [4.69, 9.17) is 17.3 Å². The highest BCUT2D eigenvalue weighted by Gasteiger charge is 2.29. The summed E-state index contributed by atoms with van der Waals surface area (Å²) in [5, 5.41) is 0.597. The highest BCUT2D eigenvalue weighted by Crippen LogP contribution is 2.21.